The van der Waals surface area contributed by atoms with Crippen molar-refractivity contribution in [1.29, 1.82) is 0 Å². The number of anilines is 1. The van der Waals surface area contributed by atoms with Gasteiger partial charge in [0.05, 0.1) is 31.0 Å². The maximum Gasteiger partial charge on any atom is 0.349 e. The van der Waals surface area contributed by atoms with Crippen molar-refractivity contribution in [3.05, 3.63) is 89.0 Å². The van der Waals surface area contributed by atoms with Crippen LogP contribution in [-0.4, -0.2) is 55.3 Å². The summed E-state index contributed by atoms with van der Waals surface area (Å²) in [4.78, 5) is 51.2. The van der Waals surface area contributed by atoms with Crippen LogP contribution in [-0.2, 0) is 19.1 Å². The highest BCUT2D eigenvalue weighted by atomic mass is 16.6. The number of amides is 1. The molecule has 0 aliphatic heterocycles. The molecular weight excluding hydrogens is 494 g/mol. The van der Waals surface area contributed by atoms with E-state index in [9.17, 15) is 24.3 Å². The third-order valence-electron chi connectivity index (χ3n) is 5.48. The number of hydrogen-bond acceptors (Lipinski definition) is 8. The summed E-state index contributed by atoms with van der Waals surface area (Å²) in [5.74, 6) is -4.16. The van der Waals surface area contributed by atoms with Gasteiger partial charge in [0.25, 0.3) is 5.91 Å². The standard InChI is InChI=1S/C28H27NO9/c1-16-5-9-18(10-6-16)27(33)37-23(25(30)29-21-15-20(35-3)13-14-22(21)36-4)24(26(31)32)38-28(34)19-11-7-17(2)8-12-19/h5-15,23-24H,1-4H3,(H,29,30)(H,31,32)/t23-,24-/m1/s1. The van der Waals surface area contributed by atoms with Gasteiger partial charge in [-0.3, -0.25) is 4.79 Å². The molecule has 0 spiro atoms. The van der Waals surface area contributed by atoms with Crippen LogP contribution >= 0.6 is 0 Å². The summed E-state index contributed by atoms with van der Waals surface area (Å²) in [6, 6.07) is 17.0. The van der Waals surface area contributed by atoms with E-state index in [-0.39, 0.29) is 22.6 Å². The molecule has 0 saturated carbocycles. The Hall–Kier alpha value is -4.86. The molecule has 0 fully saturated rings. The van der Waals surface area contributed by atoms with Gasteiger partial charge in [0.1, 0.15) is 11.5 Å². The lowest BCUT2D eigenvalue weighted by molar-refractivity contribution is -0.157. The molecule has 0 heterocycles. The van der Waals surface area contributed by atoms with E-state index >= 15 is 0 Å². The van der Waals surface area contributed by atoms with E-state index in [1.807, 2.05) is 13.8 Å². The molecule has 2 atom stereocenters. The molecule has 0 aliphatic carbocycles. The SMILES string of the molecule is COc1ccc(OC)c(NC(=O)[C@H](OC(=O)c2ccc(C)cc2)[C@@H](OC(=O)c2ccc(C)cc2)C(=O)O)c1. The molecule has 38 heavy (non-hydrogen) atoms. The van der Waals surface area contributed by atoms with Gasteiger partial charge >= 0.3 is 17.9 Å². The smallest absolute Gasteiger partial charge is 0.349 e. The summed E-state index contributed by atoms with van der Waals surface area (Å²) in [7, 11) is 2.79. The predicted octanol–water partition coefficient (Wildman–Crippen LogP) is 3.79. The van der Waals surface area contributed by atoms with Crippen molar-refractivity contribution in [2.75, 3.05) is 19.5 Å². The highest BCUT2D eigenvalue weighted by Gasteiger charge is 2.41. The number of carboxylic acids is 1. The number of carboxylic acid groups (broad SMARTS) is 1. The summed E-state index contributed by atoms with van der Waals surface area (Å²) in [5, 5.41) is 12.4. The molecule has 0 radical (unpaired) electrons. The lowest BCUT2D eigenvalue weighted by Gasteiger charge is -2.24. The third kappa shape index (κ3) is 6.88. The Kier molecular flexibility index (Phi) is 9.04. The number of aryl methyl sites for hydroxylation is 2. The minimum Gasteiger partial charge on any atom is -0.497 e. The Labute approximate surface area is 219 Å². The van der Waals surface area contributed by atoms with Crippen molar-refractivity contribution in [1.82, 2.24) is 0 Å². The Morgan fingerprint density at radius 2 is 1.21 bits per heavy atom. The van der Waals surface area contributed by atoms with Crippen molar-refractivity contribution >= 4 is 29.5 Å². The van der Waals surface area contributed by atoms with Crippen LogP contribution in [0.25, 0.3) is 0 Å². The maximum absolute atomic E-state index is 13.4. The molecule has 3 aromatic rings. The second kappa shape index (κ2) is 12.4. The lowest BCUT2D eigenvalue weighted by Crippen LogP contribution is -2.48. The van der Waals surface area contributed by atoms with Gasteiger partial charge in [0.2, 0.25) is 12.2 Å². The minimum atomic E-state index is -2.17. The number of benzene rings is 3. The zero-order valence-electron chi connectivity index (χ0n) is 21.2. The molecule has 2 N–H and O–H groups in total. The van der Waals surface area contributed by atoms with Gasteiger partial charge in [0.15, 0.2) is 0 Å². The van der Waals surface area contributed by atoms with Crippen LogP contribution in [0, 0.1) is 13.8 Å². The second-order valence-electron chi connectivity index (χ2n) is 8.28. The third-order valence-corrected chi connectivity index (χ3v) is 5.48. The molecule has 10 nitrogen and oxygen atoms in total. The average molecular weight is 522 g/mol. The summed E-state index contributed by atoms with van der Waals surface area (Å²) in [5.41, 5.74) is 1.98. The number of aliphatic carboxylic acids is 1. The number of esters is 2. The Bertz CT molecular complexity index is 1320. The maximum atomic E-state index is 13.4. The zero-order valence-corrected chi connectivity index (χ0v) is 21.2. The van der Waals surface area contributed by atoms with Crippen LogP contribution in [0.5, 0.6) is 11.5 Å². The van der Waals surface area contributed by atoms with E-state index in [1.165, 1.54) is 50.6 Å². The van der Waals surface area contributed by atoms with Crippen molar-refractivity contribution < 1.29 is 43.2 Å². The van der Waals surface area contributed by atoms with Gasteiger partial charge in [0, 0.05) is 6.07 Å². The minimum absolute atomic E-state index is 0.0559. The van der Waals surface area contributed by atoms with Gasteiger partial charge in [-0.1, -0.05) is 35.4 Å². The van der Waals surface area contributed by atoms with Crippen LogP contribution < -0.4 is 14.8 Å². The average Bonchev–Trinajstić information content (AvgIpc) is 2.90. The number of hydrogen-bond donors (Lipinski definition) is 2. The fourth-order valence-electron chi connectivity index (χ4n) is 3.36. The quantitative estimate of drug-likeness (QED) is 0.382. The van der Waals surface area contributed by atoms with E-state index in [2.05, 4.69) is 5.32 Å². The molecule has 10 heteroatoms. The number of carbonyl (C=O) groups excluding carboxylic acids is 3. The lowest BCUT2D eigenvalue weighted by atomic mass is 10.1. The van der Waals surface area contributed by atoms with Gasteiger partial charge < -0.3 is 29.4 Å². The summed E-state index contributed by atoms with van der Waals surface area (Å²) < 4.78 is 20.9. The fraction of sp³-hybridized carbons (Fsp3) is 0.214. The monoisotopic (exact) mass is 521 g/mol. The molecular formula is C28H27NO9. The summed E-state index contributed by atoms with van der Waals surface area (Å²) in [6.07, 6.45) is -4.23. The first-order chi connectivity index (χ1) is 18.1. The first kappa shape index (κ1) is 27.7. The van der Waals surface area contributed by atoms with Gasteiger partial charge in [-0.05, 0) is 50.2 Å². The van der Waals surface area contributed by atoms with Crippen molar-refractivity contribution in [3.63, 3.8) is 0 Å². The van der Waals surface area contributed by atoms with Crippen molar-refractivity contribution in [3.8, 4) is 11.5 Å². The Morgan fingerprint density at radius 1 is 0.711 bits per heavy atom. The van der Waals surface area contributed by atoms with E-state index in [1.54, 1.807) is 30.3 Å². The topological polar surface area (TPSA) is 137 Å². The second-order valence-corrected chi connectivity index (χ2v) is 8.28. The molecule has 0 saturated heterocycles. The summed E-state index contributed by atoms with van der Waals surface area (Å²) >= 11 is 0. The van der Waals surface area contributed by atoms with Gasteiger partial charge in [-0.15, -0.1) is 0 Å². The van der Waals surface area contributed by atoms with E-state index in [0.29, 0.717) is 5.75 Å². The fourth-order valence-corrected chi connectivity index (χ4v) is 3.36. The molecule has 3 aromatic carbocycles. The largest absolute Gasteiger partial charge is 0.497 e. The Balaban J connectivity index is 1.96. The van der Waals surface area contributed by atoms with Crippen LogP contribution in [0.1, 0.15) is 31.8 Å². The number of carbonyl (C=O) groups is 4. The zero-order chi connectivity index (χ0) is 27.8. The first-order valence-electron chi connectivity index (χ1n) is 11.4. The number of ether oxygens (including phenoxy) is 4. The van der Waals surface area contributed by atoms with Gasteiger partial charge in [-0.25, -0.2) is 14.4 Å². The molecule has 198 valence electrons. The highest BCUT2D eigenvalue weighted by molar-refractivity contribution is 6.02. The Morgan fingerprint density at radius 3 is 1.66 bits per heavy atom. The first-order valence-corrected chi connectivity index (χ1v) is 11.4. The number of rotatable bonds is 10. The number of nitrogens with one attached hydrogen (secondary N) is 1. The van der Waals surface area contributed by atoms with Crippen LogP contribution in [0.15, 0.2) is 66.7 Å². The van der Waals surface area contributed by atoms with E-state index in [4.69, 9.17) is 18.9 Å². The van der Waals surface area contributed by atoms with Crippen LogP contribution in [0.4, 0.5) is 5.69 Å². The van der Waals surface area contributed by atoms with Crippen LogP contribution in [0.3, 0.4) is 0 Å². The highest BCUT2D eigenvalue weighted by Crippen LogP contribution is 2.29. The molecule has 0 unspecified atom stereocenters. The molecule has 1 amide bonds. The van der Waals surface area contributed by atoms with Crippen molar-refractivity contribution in [2.45, 2.75) is 26.1 Å². The van der Waals surface area contributed by atoms with E-state index in [0.717, 1.165) is 11.1 Å². The molecule has 0 aromatic heterocycles. The normalized spacial score (nSPS) is 12.0. The van der Waals surface area contributed by atoms with Crippen LogP contribution in [0.2, 0.25) is 0 Å². The van der Waals surface area contributed by atoms with E-state index < -0.39 is 36.0 Å². The molecule has 3 rings (SSSR count). The number of methoxy groups -OCH3 is 2. The summed E-state index contributed by atoms with van der Waals surface area (Å²) in [6.45, 7) is 3.63. The molecule has 0 aliphatic rings. The van der Waals surface area contributed by atoms with Gasteiger partial charge in [-0.2, -0.15) is 0 Å². The van der Waals surface area contributed by atoms with Crippen molar-refractivity contribution in [2.24, 2.45) is 0 Å². The predicted molar refractivity (Wildman–Crippen MR) is 137 cm³/mol. The molecule has 0 bridgehead atoms.